The van der Waals surface area contributed by atoms with E-state index in [4.69, 9.17) is 9.47 Å². The van der Waals surface area contributed by atoms with Crippen LogP contribution in [-0.4, -0.2) is 50.2 Å². The van der Waals surface area contributed by atoms with E-state index in [-0.39, 0.29) is 29.9 Å². The van der Waals surface area contributed by atoms with Gasteiger partial charge in [0.15, 0.2) is 11.5 Å². The number of benzene rings is 2. The number of anilines is 1. The number of phenolic OH excluding ortho intramolecular Hbond substituents is 1. The fourth-order valence-electron chi connectivity index (χ4n) is 4.19. The number of rotatable bonds is 5. The number of carbonyl (C=O) groups excluding carboxylic acids is 1. The van der Waals surface area contributed by atoms with Gasteiger partial charge in [-0.25, -0.2) is 4.98 Å². The van der Waals surface area contributed by atoms with E-state index in [1.54, 1.807) is 31.5 Å². The molecule has 4 aromatic rings. The first-order valence-corrected chi connectivity index (χ1v) is 10.6. The van der Waals surface area contributed by atoms with Crippen LogP contribution < -0.4 is 14.8 Å². The summed E-state index contributed by atoms with van der Waals surface area (Å²) in [7, 11) is 3.09. The maximum Gasteiger partial charge on any atom is 0.272 e. The van der Waals surface area contributed by atoms with E-state index >= 15 is 0 Å². The molecular formula is C24H22N6O4. The highest BCUT2D eigenvalue weighted by Gasteiger charge is 2.33. The van der Waals surface area contributed by atoms with Gasteiger partial charge in [-0.15, -0.1) is 5.10 Å². The third-order valence-electron chi connectivity index (χ3n) is 5.81. The molecule has 34 heavy (non-hydrogen) atoms. The fraction of sp³-hybridized carbons (Fsp3) is 0.208. The van der Waals surface area contributed by atoms with Crippen LogP contribution >= 0.6 is 0 Å². The summed E-state index contributed by atoms with van der Waals surface area (Å²) in [5.41, 5.74) is 3.81. The van der Waals surface area contributed by atoms with Gasteiger partial charge in [0, 0.05) is 23.5 Å². The Hall–Kier alpha value is -4.47. The summed E-state index contributed by atoms with van der Waals surface area (Å²) in [6.07, 6.45) is 1.79. The predicted molar refractivity (Wildman–Crippen MR) is 123 cm³/mol. The van der Waals surface area contributed by atoms with Gasteiger partial charge in [-0.05, 0) is 36.8 Å². The maximum absolute atomic E-state index is 12.7. The standard InChI is InChI=1S/C24H22N6O4/c1-13-22-17(14-7-8-19(31)20(10-14)34-3)11-21(32)27-23(22)30(29-13)24-26-18(12-25-28-24)15-5-4-6-16(9-15)33-2/h4-10,12,17,31H,11H2,1-3H3,(H,27,32)/t17-/m1/s1. The number of aryl methyl sites for hydroxylation is 1. The predicted octanol–water partition coefficient (Wildman–Crippen LogP) is 3.23. The van der Waals surface area contributed by atoms with Crippen molar-refractivity contribution in [2.75, 3.05) is 19.5 Å². The molecule has 0 aliphatic carbocycles. The molecule has 2 N–H and O–H groups in total. The highest BCUT2D eigenvalue weighted by molar-refractivity contribution is 5.95. The lowest BCUT2D eigenvalue weighted by atomic mass is 9.85. The third kappa shape index (κ3) is 3.68. The van der Waals surface area contributed by atoms with Gasteiger partial charge in [0.25, 0.3) is 5.95 Å². The average Bonchev–Trinajstić information content (AvgIpc) is 3.20. The molecule has 0 saturated carbocycles. The molecule has 10 nitrogen and oxygen atoms in total. The van der Waals surface area contributed by atoms with Crippen molar-refractivity contribution in [3.8, 4) is 34.5 Å². The molecular weight excluding hydrogens is 436 g/mol. The molecule has 0 bridgehead atoms. The zero-order valence-corrected chi connectivity index (χ0v) is 18.8. The van der Waals surface area contributed by atoms with Crippen LogP contribution in [0.25, 0.3) is 17.2 Å². The van der Waals surface area contributed by atoms with Gasteiger partial charge >= 0.3 is 0 Å². The van der Waals surface area contributed by atoms with Crippen LogP contribution in [-0.2, 0) is 4.79 Å². The van der Waals surface area contributed by atoms with E-state index in [0.717, 1.165) is 22.4 Å². The molecule has 3 heterocycles. The lowest BCUT2D eigenvalue weighted by Gasteiger charge is -2.24. The van der Waals surface area contributed by atoms with Gasteiger partial charge in [-0.3, -0.25) is 4.79 Å². The SMILES string of the molecule is COc1cccc(-c2cnnc(-n3nc(C)c4c3NC(=O)C[C@@H]4c3ccc(O)c(OC)c3)n2)c1. The summed E-state index contributed by atoms with van der Waals surface area (Å²) < 4.78 is 12.1. The van der Waals surface area contributed by atoms with Crippen LogP contribution in [0.15, 0.2) is 48.7 Å². The minimum absolute atomic E-state index is 0.0352. The van der Waals surface area contributed by atoms with Crippen molar-refractivity contribution >= 4 is 11.7 Å². The minimum Gasteiger partial charge on any atom is -0.504 e. The molecule has 1 aliphatic rings. The number of nitrogens with one attached hydrogen (secondary N) is 1. The second kappa shape index (κ2) is 8.47. The minimum atomic E-state index is -0.276. The van der Waals surface area contributed by atoms with Gasteiger partial charge in [0.1, 0.15) is 11.6 Å². The number of phenols is 1. The number of nitrogens with zero attached hydrogens (tertiary/aromatic N) is 5. The molecule has 2 aromatic heterocycles. The van der Waals surface area contributed by atoms with Crippen molar-refractivity contribution in [3.63, 3.8) is 0 Å². The molecule has 0 fully saturated rings. The Morgan fingerprint density at radius 3 is 2.79 bits per heavy atom. The molecule has 5 rings (SSSR count). The van der Waals surface area contributed by atoms with Crippen molar-refractivity contribution in [2.24, 2.45) is 0 Å². The Balaban J connectivity index is 1.60. The number of hydrogen-bond donors (Lipinski definition) is 2. The zero-order chi connectivity index (χ0) is 23.8. The Kier molecular flexibility index (Phi) is 5.33. The molecule has 0 spiro atoms. The topological polar surface area (TPSA) is 124 Å². The first kappa shape index (κ1) is 21.4. The molecule has 2 aromatic carbocycles. The zero-order valence-electron chi connectivity index (χ0n) is 18.8. The van der Waals surface area contributed by atoms with Crippen molar-refractivity contribution in [1.82, 2.24) is 25.0 Å². The lowest BCUT2D eigenvalue weighted by molar-refractivity contribution is -0.116. The fourth-order valence-corrected chi connectivity index (χ4v) is 4.19. The molecule has 1 aliphatic heterocycles. The average molecular weight is 458 g/mol. The van der Waals surface area contributed by atoms with E-state index in [0.29, 0.717) is 23.0 Å². The van der Waals surface area contributed by atoms with Crippen LogP contribution in [0.5, 0.6) is 17.2 Å². The lowest BCUT2D eigenvalue weighted by Crippen LogP contribution is -2.25. The summed E-state index contributed by atoms with van der Waals surface area (Å²) in [5, 5.41) is 25.8. The summed E-state index contributed by atoms with van der Waals surface area (Å²) in [6.45, 7) is 1.87. The second-order valence-electron chi connectivity index (χ2n) is 7.87. The van der Waals surface area contributed by atoms with Gasteiger partial charge in [-0.1, -0.05) is 18.2 Å². The maximum atomic E-state index is 12.7. The molecule has 1 amide bonds. The highest BCUT2D eigenvalue weighted by atomic mass is 16.5. The number of amides is 1. The molecule has 0 unspecified atom stereocenters. The van der Waals surface area contributed by atoms with Crippen molar-refractivity contribution in [3.05, 3.63) is 65.5 Å². The Morgan fingerprint density at radius 1 is 1.15 bits per heavy atom. The Morgan fingerprint density at radius 2 is 2.00 bits per heavy atom. The molecule has 0 radical (unpaired) electrons. The first-order chi connectivity index (χ1) is 16.5. The van der Waals surface area contributed by atoms with Gasteiger partial charge in [0.05, 0.1) is 31.8 Å². The van der Waals surface area contributed by atoms with Crippen LogP contribution in [0.1, 0.15) is 29.2 Å². The van der Waals surface area contributed by atoms with E-state index in [9.17, 15) is 9.90 Å². The van der Waals surface area contributed by atoms with Gasteiger partial charge in [-0.2, -0.15) is 14.9 Å². The third-order valence-corrected chi connectivity index (χ3v) is 5.81. The molecule has 1 atom stereocenters. The van der Waals surface area contributed by atoms with Gasteiger partial charge in [0.2, 0.25) is 5.91 Å². The molecule has 172 valence electrons. The first-order valence-electron chi connectivity index (χ1n) is 10.6. The monoisotopic (exact) mass is 458 g/mol. The molecule has 0 saturated heterocycles. The highest BCUT2D eigenvalue weighted by Crippen LogP contribution is 2.42. The summed E-state index contributed by atoms with van der Waals surface area (Å²) >= 11 is 0. The number of methoxy groups -OCH3 is 2. The van der Waals surface area contributed by atoms with Crippen LogP contribution in [0.4, 0.5) is 5.82 Å². The summed E-state index contributed by atoms with van der Waals surface area (Å²) in [5.74, 6) is 1.36. The molecule has 10 heteroatoms. The van der Waals surface area contributed by atoms with Crippen molar-refractivity contribution < 1.29 is 19.4 Å². The normalized spacial score (nSPS) is 14.9. The van der Waals surface area contributed by atoms with Crippen molar-refractivity contribution in [2.45, 2.75) is 19.3 Å². The van der Waals surface area contributed by atoms with E-state index < -0.39 is 0 Å². The number of hydrogen-bond acceptors (Lipinski definition) is 8. The van der Waals surface area contributed by atoms with Crippen LogP contribution in [0, 0.1) is 6.92 Å². The quantitative estimate of drug-likeness (QED) is 0.467. The number of fused-ring (bicyclic) bond motifs is 1. The second-order valence-corrected chi connectivity index (χ2v) is 7.87. The largest absolute Gasteiger partial charge is 0.504 e. The van der Waals surface area contributed by atoms with E-state index in [2.05, 4.69) is 25.6 Å². The Bertz CT molecular complexity index is 1400. The van der Waals surface area contributed by atoms with Crippen LogP contribution in [0.3, 0.4) is 0 Å². The number of aromatic nitrogens is 5. The number of carbonyl (C=O) groups is 1. The Labute approximate surface area is 195 Å². The van der Waals surface area contributed by atoms with Crippen molar-refractivity contribution in [1.29, 1.82) is 0 Å². The van der Waals surface area contributed by atoms with Crippen LogP contribution in [0.2, 0.25) is 0 Å². The van der Waals surface area contributed by atoms with Gasteiger partial charge < -0.3 is 19.9 Å². The number of ether oxygens (including phenoxy) is 2. The number of aromatic hydroxyl groups is 1. The van der Waals surface area contributed by atoms with E-state index in [1.165, 1.54) is 11.8 Å². The summed E-state index contributed by atoms with van der Waals surface area (Å²) in [4.78, 5) is 17.3. The summed E-state index contributed by atoms with van der Waals surface area (Å²) in [6, 6.07) is 12.5. The van der Waals surface area contributed by atoms with E-state index in [1.807, 2.05) is 31.2 Å². The smallest absolute Gasteiger partial charge is 0.272 e.